The van der Waals surface area contributed by atoms with Crippen molar-refractivity contribution in [1.29, 1.82) is 0 Å². The van der Waals surface area contributed by atoms with Crippen molar-refractivity contribution >= 4 is 41.6 Å². The molecule has 0 N–H and O–H groups in total. The van der Waals surface area contributed by atoms with E-state index in [9.17, 15) is 13.2 Å². The molecule has 0 aliphatic carbocycles. The van der Waals surface area contributed by atoms with E-state index in [4.69, 9.17) is 10.7 Å². The molecule has 4 nitrogen and oxygen atoms in total. The van der Waals surface area contributed by atoms with E-state index in [1.54, 1.807) is 0 Å². The summed E-state index contributed by atoms with van der Waals surface area (Å²) in [7, 11) is 2.50. The summed E-state index contributed by atoms with van der Waals surface area (Å²) in [6.07, 6.45) is 0. The first-order chi connectivity index (χ1) is 6.86. The summed E-state index contributed by atoms with van der Waals surface area (Å²) in [5, 5.41) is 0. The van der Waals surface area contributed by atoms with Gasteiger partial charge >= 0.3 is 5.97 Å². The van der Waals surface area contributed by atoms with Gasteiger partial charge in [0.25, 0.3) is 9.05 Å². The zero-order valence-electron chi connectivity index (χ0n) is 7.53. The number of carbonyl (C=O) groups excluding carboxylic acids is 1. The van der Waals surface area contributed by atoms with Crippen LogP contribution in [0.5, 0.6) is 0 Å². The molecule has 0 radical (unpaired) electrons. The number of methoxy groups -OCH3 is 1. The van der Waals surface area contributed by atoms with E-state index >= 15 is 0 Å². The molecule has 0 amide bonds. The Kier molecular flexibility index (Phi) is 3.75. The normalized spacial score (nSPS) is 11.1. The predicted octanol–water partition coefficient (Wildman–Crippen LogP) is 2.16. The van der Waals surface area contributed by atoms with Gasteiger partial charge < -0.3 is 4.74 Å². The summed E-state index contributed by atoms with van der Waals surface area (Å²) in [4.78, 5) is 11.1. The van der Waals surface area contributed by atoms with Gasteiger partial charge in [-0.3, -0.25) is 0 Å². The molecule has 0 spiro atoms. The van der Waals surface area contributed by atoms with E-state index in [1.807, 2.05) is 0 Å². The number of hydrogen-bond acceptors (Lipinski definition) is 4. The van der Waals surface area contributed by atoms with Crippen molar-refractivity contribution in [2.75, 3.05) is 7.11 Å². The summed E-state index contributed by atoms with van der Waals surface area (Å²) in [6.45, 7) is 0. The van der Waals surface area contributed by atoms with E-state index in [2.05, 4.69) is 20.7 Å². The van der Waals surface area contributed by atoms with E-state index in [0.717, 1.165) is 6.07 Å². The number of rotatable bonds is 2. The Morgan fingerprint density at radius 1 is 1.47 bits per heavy atom. The van der Waals surface area contributed by atoms with Crippen LogP contribution >= 0.6 is 26.6 Å². The summed E-state index contributed by atoms with van der Waals surface area (Å²) in [6, 6.07) is 3.86. The van der Waals surface area contributed by atoms with Crippen LogP contribution in [0.2, 0.25) is 0 Å². The van der Waals surface area contributed by atoms with Crippen molar-refractivity contribution in [3.05, 3.63) is 28.2 Å². The number of halogens is 2. The van der Waals surface area contributed by atoms with Gasteiger partial charge in [0.2, 0.25) is 0 Å². The highest BCUT2D eigenvalue weighted by Crippen LogP contribution is 2.23. The molecule has 0 aromatic heterocycles. The number of ether oxygens (including phenoxy) is 1. The highest BCUT2D eigenvalue weighted by molar-refractivity contribution is 9.10. The van der Waals surface area contributed by atoms with Crippen molar-refractivity contribution in [3.63, 3.8) is 0 Å². The second-order valence-electron chi connectivity index (χ2n) is 2.57. The zero-order valence-corrected chi connectivity index (χ0v) is 10.7. The average Bonchev–Trinajstić information content (AvgIpc) is 2.15. The number of esters is 1. The lowest BCUT2D eigenvalue weighted by Crippen LogP contribution is -2.04. The Balaban J connectivity index is 3.36. The van der Waals surface area contributed by atoms with Crippen LogP contribution in [-0.4, -0.2) is 21.5 Å². The third kappa shape index (κ3) is 2.93. The maximum absolute atomic E-state index is 11.2. The smallest absolute Gasteiger partial charge is 0.339 e. The van der Waals surface area contributed by atoms with Gasteiger partial charge in [0.15, 0.2) is 0 Å². The Morgan fingerprint density at radius 3 is 2.53 bits per heavy atom. The van der Waals surface area contributed by atoms with Crippen molar-refractivity contribution in [3.8, 4) is 0 Å². The third-order valence-corrected chi connectivity index (χ3v) is 3.67. The first kappa shape index (κ1) is 12.5. The first-order valence-corrected chi connectivity index (χ1v) is 6.79. The zero-order chi connectivity index (χ0) is 11.6. The molecule has 0 atom stereocenters. The van der Waals surface area contributed by atoms with Gasteiger partial charge in [-0.2, -0.15) is 0 Å². The van der Waals surface area contributed by atoms with Gasteiger partial charge in [0.1, 0.15) is 0 Å². The molecule has 7 heteroatoms. The standard InChI is InChI=1S/C8H6BrClO4S/c1-14-8(11)6-4-5(15(10,12)13)2-3-7(6)9/h2-4H,1H3. The van der Waals surface area contributed by atoms with Crippen LogP contribution < -0.4 is 0 Å². The number of benzene rings is 1. The quantitative estimate of drug-likeness (QED) is 0.620. The molecule has 0 fully saturated rings. The molecule has 1 aromatic rings. The minimum atomic E-state index is -3.84. The van der Waals surface area contributed by atoms with Gasteiger partial charge in [-0.1, -0.05) is 0 Å². The van der Waals surface area contributed by atoms with Gasteiger partial charge in [-0.15, -0.1) is 0 Å². The fourth-order valence-electron chi connectivity index (χ4n) is 0.922. The fourth-order valence-corrected chi connectivity index (χ4v) is 2.11. The molecule has 0 saturated heterocycles. The SMILES string of the molecule is COC(=O)c1cc(S(=O)(=O)Cl)ccc1Br. The van der Waals surface area contributed by atoms with Gasteiger partial charge in [-0.25, -0.2) is 13.2 Å². The minimum Gasteiger partial charge on any atom is -0.465 e. The molecule has 0 unspecified atom stereocenters. The van der Waals surface area contributed by atoms with Crippen LogP contribution in [0.1, 0.15) is 10.4 Å². The molecule has 15 heavy (non-hydrogen) atoms. The molecule has 1 rings (SSSR count). The van der Waals surface area contributed by atoms with Crippen LogP contribution in [0.15, 0.2) is 27.6 Å². The van der Waals surface area contributed by atoms with Gasteiger partial charge in [-0.05, 0) is 34.1 Å². The molecular weight excluding hydrogens is 308 g/mol. The molecule has 0 bridgehead atoms. The Bertz CT molecular complexity index is 497. The summed E-state index contributed by atoms with van der Waals surface area (Å²) < 4.78 is 26.9. The average molecular weight is 314 g/mol. The maximum atomic E-state index is 11.2. The lowest BCUT2D eigenvalue weighted by Gasteiger charge is -2.03. The third-order valence-electron chi connectivity index (χ3n) is 1.62. The van der Waals surface area contributed by atoms with Crippen molar-refractivity contribution < 1.29 is 17.9 Å². The second kappa shape index (κ2) is 4.51. The van der Waals surface area contributed by atoms with Gasteiger partial charge in [0, 0.05) is 15.2 Å². The molecule has 0 aliphatic rings. The highest BCUT2D eigenvalue weighted by Gasteiger charge is 2.16. The largest absolute Gasteiger partial charge is 0.465 e. The van der Waals surface area contributed by atoms with Crippen molar-refractivity contribution in [2.45, 2.75) is 4.90 Å². The number of hydrogen-bond donors (Lipinski definition) is 0. The Morgan fingerprint density at radius 2 is 2.07 bits per heavy atom. The summed E-state index contributed by atoms with van der Waals surface area (Å²) >= 11 is 3.10. The van der Waals surface area contributed by atoms with Gasteiger partial charge in [0.05, 0.1) is 17.6 Å². The van der Waals surface area contributed by atoms with Crippen LogP contribution in [0.3, 0.4) is 0 Å². The fraction of sp³-hybridized carbons (Fsp3) is 0.125. The van der Waals surface area contributed by atoms with Crippen molar-refractivity contribution in [1.82, 2.24) is 0 Å². The van der Waals surface area contributed by atoms with Crippen LogP contribution in [0.4, 0.5) is 0 Å². The van der Waals surface area contributed by atoms with Crippen LogP contribution in [0.25, 0.3) is 0 Å². The molecular formula is C8H6BrClO4S. The van der Waals surface area contributed by atoms with Crippen LogP contribution in [-0.2, 0) is 13.8 Å². The number of carbonyl (C=O) groups is 1. The molecule has 0 aliphatic heterocycles. The molecule has 1 aromatic carbocycles. The minimum absolute atomic E-state index is 0.110. The van der Waals surface area contributed by atoms with E-state index < -0.39 is 15.0 Å². The Hall–Kier alpha value is -0.590. The summed E-state index contributed by atoms with van der Waals surface area (Å²) in [5.41, 5.74) is 0.110. The molecule has 0 heterocycles. The lowest BCUT2D eigenvalue weighted by atomic mass is 10.2. The van der Waals surface area contributed by atoms with Crippen LogP contribution in [0, 0.1) is 0 Å². The van der Waals surface area contributed by atoms with E-state index in [0.29, 0.717) is 4.47 Å². The Labute approximate surface area is 99.7 Å². The summed E-state index contributed by atoms with van der Waals surface area (Å²) in [5.74, 6) is -0.635. The first-order valence-electron chi connectivity index (χ1n) is 3.69. The van der Waals surface area contributed by atoms with E-state index in [-0.39, 0.29) is 10.5 Å². The van der Waals surface area contributed by atoms with E-state index in [1.165, 1.54) is 19.2 Å². The molecule has 0 saturated carbocycles. The maximum Gasteiger partial charge on any atom is 0.339 e. The predicted molar refractivity (Wildman–Crippen MR) is 58.5 cm³/mol. The molecule has 82 valence electrons. The second-order valence-corrected chi connectivity index (χ2v) is 5.99. The monoisotopic (exact) mass is 312 g/mol. The topological polar surface area (TPSA) is 60.4 Å². The lowest BCUT2D eigenvalue weighted by molar-refractivity contribution is 0.0599. The highest BCUT2D eigenvalue weighted by atomic mass is 79.9. The van der Waals surface area contributed by atoms with Crippen molar-refractivity contribution in [2.24, 2.45) is 0 Å².